The lowest BCUT2D eigenvalue weighted by atomic mass is 10.0. The molecule has 4 rings (SSSR count). The van der Waals surface area contributed by atoms with E-state index in [0.717, 1.165) is 0 Å². The van der Waals surface area contributed by atoms with Gasteiger partial charge in [-0.1, -0.05) is 12.1 Å². The van der Waals surface area contributed by atoms with Gasteiger partial charge in [0.05, 0.1) is 37.6 Å². The molecule has 3 aromatic rings. The van der Waals surface area contributed by atoms with Gasteiger partial charge in [0, 0.05) is 30.8 Å². The third-order valence-electron chi connectivity index (χ3n) is 7.65. The predicted octanol–water partition coefficient (Wildman–Crippen LogP) is 3.41. The first kappa shape index (κ1) is 32.8. The average molecular weight is 630 g/mol. The summed E-state index contributed by atoms with van der Waals surface area (Å²) >= 11 is 0. The summed E-state index contributed by atoms with van der Waals surface area (Å²) in [6.07, 6.45) is -0.715. The number of carbonyl (C=O) groups excluding carboxylic acids is 2. The Morgan fingerprint density at radius 3 is 2.52 bits per heavy atom. The molecule has 1 aliphatic rings. The first-order valence-electron chi connectivity index (χ1n) is 14.1. The number of aliphatic hydroxyl groups excluding tert-OH is 1. The number of nitrogens with zero attached hydrogens (tertiary/aromatic N) is 3. The quantitative estimate of drug-likeness (QED) is 0.322. The third kappa shape index (κ3) is 7.31. The van der Waals surface area contributed by atoms with Crippen LogP contribution < -0.4 is 20.1 Å². The maximum atomic E-state index is 13.5. The number of aliphatic hydroxyl groups is 1. The Bertz CT molecular complexity index is 1570. The number of nitrogens with one attached hydrogen (secondary N) is 2. The lowest BCUT2D eigenvalue weighted by Gasteiger charge is -2.33. The monoisotopic (exact) mass is 629 g/mol. The van der Waals surface area contributed by atoms with Gasteiger partial charge in [-0.25, -0.2) is 13.2 Å². The number of hydrogen-bond donors (Lipinski definition) is 3. The van der Waals surface area contributed by atoms with E-state index in [1.165, 1.54) is 30.6 Å². The summed E-state index contributed by atoms with van der Waals surface area (Å²) in [5.74, 6) is 0.838. The number of methoxy groups -OCH3 is 1. The number of sulfonamides is 1. The van der Waals surface area contributed by atoms with Crippen LogP contribution in [0.1, 0.15) is 30.9 Å². The Labute approximate surface area is 257 Å². The molecule has 0 radical (unpaired) electrons. The van der Waals surface area contributed by atoms with Gasteiger partial charge in [-0.05, 0) is 63.2 Å². The summed E-state index contributed by atoms with van der Waals surface area (Å²) in [6.45, 7) is 7.00. The van der Waals surface area contributed by atoms with E-state index in [0.29, 0.717) is 39.9 Å². The van der Waals surface area contributed by atoms with Crippen molar-refractivity contribution >= 4 is 33.3 Å². The van der Waals surface area contributed by atoms with E-state index in [1.807, 2.05) is 6.92 Å². The molecule has 0 spiro atoms. The third-order valence-corrected chi connectivity index (χ3v) is 9.49. The fourth-order valence-corrected chi connectivity index (χ4v) is 6.12. The van der Waals surface area contributed by atoms with E-state index in [4.69, 9.17) is 14.0 Å². The summed E-state index contributed by atoms with van der Waals surface area (Å²) in [5.41, 5.74) is 1.90. The van der Waals surface area contributed by atoms with Crippen molar-refractivity contribution in [2.24, 2.45) is 5.92 Å². The van der Waals surface area contributed by atoms with E-state index in [1.54, 1.807) is 56.0 Å². The second kappa shape index (κ2) is 13.7. The highest BCUT2D eigenvalue weighted by Gasteiger charge is 2.33. The maximum Gasteiger partial charge on any atom is 0.323 e. The topological polar surface area (TPSA) is 164 Å². The molecule has 0 fully saturated rings. The molecule has 0 unspecified atom stereocenters. The van der Waals surface area contributed by atoms with Gasteiger partial charge in [0.25, 0.3) is 0 Å². The van der Waals surface area contributed by atoms with Crippen LogP contribution >= 0.6 is 0 Å². The highest BCUT2D eigenvalue weighted by atomic mass is 32.2. The molecule has 3 N–H and O–H groups in total. The first-order chi connectivity index (χ1) is 20.8. The van der Waals surface area contributed by atoms with E-state index in [2.05, 4.69) is 15.8 Å². The number of aryl methyl sites for hydroxylation is 2. The van der Waals surface area contributed by atoms with E-state index >= 15 is 0 Å². The van der Waals surface area contributed by atoms with E-state index in [-0.39, 0.29) is 42.8 Å². The molecular weight excluding hydrogens is 590 g/mol. The Balaban J connectivity index is 1.62. The molecule has 0 aliphatic carbocycles. The van der Waals surface area contributed by atoms with Crippen LogP contribution in [-0.4, -0.2) is 85.8 Å². The maximum absolute atomic E-state index is 13.5. The minimum Gasteiger partial charge on any atom is -0.497 e. The van der Waals surface area contributed by atoms with Crippen LogP contribution in [0.2, 0.25) is 0 Å². The molecule has 3 amide bonds. The number of likely N-dealkylation sites (N-methyl/N-ethyl adjacent to an activating group) is 1. The molecule has 2 heterocycles. The van der Waals surface area contributed by atoms with E-state index < -0.39 is 28.2 Å². The van der Waals surface area contributed by atoms with Crippen molar-refractivity contribution in [2.75, 3.05) is 44.5 Å². The molecule has 14 heteroatoms. The minimum atomic E-state index is -3.88. The van der Waals surface area contributed by atoms with Crippen molar-refractivity contribution < 1.29 is 37.1 Å². The van der Waals surface area contributed by atoms with Crippen LogP contribution in [0.5, 0.6) is 11.5 Å². The van der Waals surface area contributed by atoms with Crippen LogP contribution in [0, 0.1) is 19.8 Å². The highest BCUT2D eigenvalue weighted by molar-refractivity contribution is 7.89. The molecule has 3 atom stereocenters. The number of rotatable bonds is 9. The fourth-order valence-electron chi connectivity index (χ4n) is 4.94. The molecule has 0 saturated heterocycles. The van der Waals surface area contributed by atoms with Crippen molar-refractivity contribution in [1.29, 1.82) is 0 Å². The number of ether oxygens (including phenoxy) is 2. The zero-order valence-electron chi connectivity index (χ0n) is 25.7. The largest absolute Gasteiger partial charge is 0.497 e. The predicted molar refractivity (Wildman–Crippen MR) is 163 cm³/mol. The highest BCUT2D eigenvalue weighted by Crippen LogP contribution is 2.30. The molecule has 13 nitrogen and oxygen atoms in total. The zero-order valence-corrected chi connectivity index (χ0v) is 26.5. The van der Waals surface area contributed by atoms with Gasteiger partial charge >= 0.3 is 6.03 Å². The van der Waals surface area contributed by atoms with Gasteiger partial charge in [0.1, 0.15) is 29.0 Å². The number of benzene rings is 2. The summed E-state index contributed by atoms with van der Waals surface area (Å²) in [4.78, 5) is 27.9. The lowest BCUT2D eigenvalue weighted by Crippen LogP contribution is -2.48. The van der Waals surface area contributed by atoms with Crippen LogP contribution in [0.15, 0.2) is 51.9 Å². The number of aromatic nitrogens is 1. The van der Waals surface area contributed by atoms with E-state index in [9.17, 15) is 23.1 Å². The Morgan fingerprint density at radius 1 is 1.20 bits per heavy atom. The number of amides is 3. The van der Waals surface area contributed by atoms with Crippen LogP contribution in [0.25, 0.3) is 0 Å². The number of carbonyl (C=O) groups is 2. The van der Waals surface area contributed by atoms with Crippen molar-refractivity contribution in [1.82, 2.24) is 14.4 Å². The number of hydrogen-bond acceptors (Lipinski definition) is 9. The van der Waals surface area contributed by atoms with Gasteiger partial charge in [-0.3, -0.25) is 4.79 Å². The Morgan fingerprint density at radius 2 is 1.91 bits per heavy atom. The van der Waals surface area contributed by atoms with Crippen LogP contribution in [0.3, 0.4) is 0 Å². The molecular formula is C30H39N5O8S. The standard InChI is InChI=1S/C30H39N5O8S/c1-18-15-35(19(2)17-36)28(37)14-22-13-23(31-30(38)32-29-20(3)33-43-21(29)4)7-12-26(22)42-27(18)16-34(5)44(39,40)25-10-8-24(41-6)9-11-25/h7-13,18-19,27,36H,14-17H2,1-6H3,(H2,31,32,38)/t18-,19-,27-/m1/s1. The van der Waals surface area contributed by atoms with Crippen molar-refractivity contribution in [2.45, 2.75) is 51.2 Å². The van der Waals surface area contributed by atoms with Crippen molar-refractivity contribution in [3.8, 4) is 11.5 Å². The molecule has 0 bridgehead atoms. The molecule has 238 valence electrons. The first-order valence-corrected chi connectivity index (χ1v) is 15.6. The summed E-state index contributed by atoms with van der Waals surface area (Å²) in [7, 11) is -0.893. The smallest absolute Gasteiger partial charge is 0.323 e. The number of urea groups is 1. The number of fused-ring (bicyclic) bond motifs is 1. The van der Waals surface area contributed by atoms with Gasteiger partial charge in [-0.2, -0.15) is 4.31 Å². The lowest BCUT2D eigenvalue weighted by molar-refractivity contribution is -0.134. The molecule has 1 aromatic heterocycles. The van der Waals surface area contributed by atoms with Crippen LogP contribution in [0.4, 0.5) is 16.2 Å². The average Bonchev–Trinajstić information content (AvgIpc) is 3.33. The molecule has 44 heavy (non-hydrogen) atoms. The zero-order chi connectivity index (χ0) is 32.2. The number of anilines is 2. The van der Waals surface area contributed by atoms with Gasteiger partial charge in [0.15, 0.2) is 5.76 Å². The summed E-state index contributed by atoms with van der Waals surface area (Å²) in [6, 6.07) is 10.1. The molecule has 2 aromatic carbocycles. The summed E-state index contributed by atoms with van der Waals surface area (Å²) in [5, 5.41) is 19.2. The molecule has 0 saturated carbocycles. The van der Waals surface area contributed by atoms with Gasteiger partial charge < -0.3 is 34.6 Å². The SMILES string of the molecule is COc1ccc(S(=O)(=O)N(C)C[C@H]2Oc3ccc(NC(=O)Nc4c(C)noc4C)cc3CC(=O)N([C@H](C)CO)C[C@H]2C)cc1. The molecule has 1 aliphatic heterocycles. The minimum absolute atomic E-state index is 0.00957. The van der Waals surface area contributed by atoms with Gasteiger partial charge in [0.2, 0.25) is 15.9 Å². The Hall–Kier alpha value is -4.14. The Kier molecular flexibility index (Phi) is 10.2. The second-order valence-electron chi connectivity index (χ2n) is 10.9. The second-order valence-corrected chi connectivity index (χ2v) is 13.0. The van der Waals surface area contributed by atoms with Crippen molar-refractivity contribution in [3.05, 3.63) is 59.5 Å². The normalized spacial score (nSPS) is 18.0. The van der Waals surface area contributed by atoms with Crippen LogP contribution in [-0.2, 0) is 21.2 Å². The summed E-state index contributed by atoms with van der Waals surface area (Å²) < 4.78 is 44.8. The fraction of sp³-hybridized carbons (Fsp3) is 0.433. The van der Waals surface area contributed by atoms with Gasteiger partial charge in [-0.15, -0.1) is 0 Å². The van der Waals surface area contributed by atoms with Crippen molar-refractivity contribution in [3.63, 3.8) is 0 Å².